The summed E-state index contributed by atoms with van der Waals surface area (Å²) in [4.78, 5) is 27.0. The molecule has 116 valence electrons. The molecule has 0 atom stereocenters. The van der Waals surface area contributed by atoms with E-state index in [9.17, 15) is 9.59 Å². The van der Waals surface area contributed by atoms with E-state index in [1.165, 1.54) is 0 Å². The van der Waals surface area contributed by atoms with Gasteiger partial charge in [-0.15, -0.1) is 0 Å². The van der Waals surface area contributed by atoms with Crippen LogP contribution in [0.25, 0.3) is 0 Å². The number of carbonyl (C=O) groups excluding carboxylic acids is 2. The number of hydrogen-bond donors (Lipinski definition) is 2. The van der Waals surface area contributed by atoms with Gasteiger partial charge in [0.15, 0.2) is 0 Å². The lowest BCUT2D eigenvalue weighted by atomic mass is 9.91. The molecule has 2 N–H and O–H groups in total. The van der Waals surface area contributed by atoms with Gasteiger partial charge in [-0.3, -0.25) is 4.79 Å². The molecule has 6 nitrogen and oxygen atoms in total. The Hall–Kier alpha value is -1.30. The molecule has 0 aromatic rings. The standard InChI is InChI=1S/C14H28N4O2/c1-14(2,12(19)15-3)10-16-11-6-8-18(9-7-11)13(20)17(4)5/h11,16H,6-10H2,1-5H3,(H,15,19). The molecule has 0 bridgehead atoms. The summed E-state index contributed by atoms with van der Waals surface area (Å²) >= 11 is 0. The van der Waals surface area contributed by atoms with Gasteiger partial charge in [0, 0.05) is 46.8 Å². The minimum Gasteiger partial charge on any atom is -0.359 e. The van der Waals surface area contributed by atoms with Crippen molar-refractivity contribution in [1.82, 2.24) is 20.4 Å². The van der Waals surface area contributed by atoms with E-state index >= 15 is 0 Å². The molecular formula is C14H28N4O2. The van der Waals surface area contributed by atoms with Crippen LogP contribution >= 0.6 is 0 Å². The second kappa shape index (κ2) is 6.92. The molecule has 0 aromatic heterocycles. The summed E-state index contributed by atoms with van der Waals surface area (Å²) in [5, 5.41) is 6.14. The predicted octanol–water partition coefficient (Wildman–Crippen LogP) is 0.494. The van der Waals surface area contributed by atoms with Gasteiger partial charge in [-0.25, -0.2) is 4.79 Å². The van der Waals surface area contributed by atoms with Crippen LogP contribution in [0.1, 0.15) is 26.7 Å². The van der Waals surface area contributed by atoms with Crippen molar-refractivity contribution in [3.8, 4) is 0 Å². The summed E-state index contributed by atoms with van der Waals surface area (Å²) in [6.07, 6.45) is 1.87. The van der Waals surface area contributed by atoms with Crippen molar-refractivity contribution in [2.45, 2.75) is 32.7 Å². The monoisotopic (exact) mass is 284 g/mol. The van der Waals surface area contributed by atoms with E-state index in [1.54, 1.807) is 26.0 Å². The van der Waals surface area contributed by atoms with Gasteiger partial charge in [0.25, 0.3) is 0 Å². The molecule has 1 aliphatic rings. The van der Waals surface area contributed by atoms with Crippen molar-refractivity contribution in [2.24, 2.45) is 5.41 Å². The van der Waals surface area contributed by atoms with Gasteiger partial charge < -0.3 is 20.4 Å². The summed E-state index contributed by atoms with van der Waals surface area (Å²) in [6.45, 7) is 6.07. The number of rotatable bonds is 4. The van der Waals surface area contributed by atoms with Crippen molar-refractivity contribution >= 4 is 11.9 Å². The third-order valence-corrected chi connectivity index (χ3v) is 3.82. The summed E-state index contributed by atoms with van der Waals surface area (Å²) in [7, 11) is 5.21. The molecule has 0 saturated carbocycles. The zero-order chi connectivity index (χ0) is 15.3. The Kier molecular flexibility index (Phi) is 5.80. The fourth-order valence-electron chi connectivity index (χ4n) is 2.38. The van der Waals surface area contributed by atoms with Crippen molar-refractivity contribution < 1.29 is 9.59 Å². The van der Waals surface area contributed by atoms with Crippen LogP contribution < -0.4 is 10.6 Å². The average Bonchev–Trinajstić information content (AvgIpc) is 2.43. The lowest BCUT2D eigenvalue weighted by Gasteiger charge is -2.35. The average molecular weight is 284 g/mol. The van der Waals surface area contributed by atoms with Gasteiger partial charge in [0.05, 0.1) is 5.41 Å². The highest BCUT2D eigenvalue weighted by molar-refractivity contribution is 5.81. The zero-order valence-corrected chi connectivity index (χ0v) is 13.3. The Balaban J connectivity index is 2.36. The number of piperidine rings is 1. The molecule has 20 heavy (non-hydrogen) atoms. The van der Waals surface area contributed by atoms with E-state index in [0.29, 0.717) is 12.6 Å². The topological polar surface area (TPSA) is 64.7 Å². The molecule has 1 rings (SSSR count). The number of amides is 3. The van der Waals surface area contributed by atoms with Gasteiger partial charge in [-0.1, -0.05) is 0 Å². The minimum absolute atomic E-state index is 0.0465. The Labute approximate surface area is 121 Å². The Morgan fingerprint density at radius 1 is 1.25 bits per heavy atom. The molecule has 0 spiro atoms. The van der Waals surface area contributed by atoms with Crippen LogP contribution in [0.2, 0.25) is 0 Å². The largest absolute Gasteiger partial charge is 0.359 e. The molecule has 1 saturated heterocycles. The normalized spacial score (nSPS) is 16.9. The summed E-state index contributed by atoms with van der Waals surface area (Å²) in [5.74, 6) is 0.0465. The molecule has 1 aliphatic heterocycles. The number of hydrogen-bond acceptors (Lipinski definition) is 3. The Morgan fingerprint density at radius 2 is 1.80 bits per heavy atom. The molecular weight excluding hydrogens is 256 g/mol. The number of likely N-dealkylation sites (tertiary alicyclic amines) is 1. The van der Waals surface area contributed by atoms with Crippen LogP contribution in [0, 0.1) is 5.41 Å². The first-order valence-corrected chi connectivity index (χ1v) is 7.19. The first-order chi connectivity index (χ1) is 9.27. The molecule has 0 radical (unpaired) electrons. The van der Waals surface area contributed by atoms with Gasteiger partial charge >= 0.3 is 6.03 Å². The summed E-state index contributed by atoms with van der Waals surface area (Å²) < 4.78 is 0. The first kappa shape index (κ1) is 16.8. The highest BCUT2D eigenvalue weighted by Crippen LogP contribution is 2.16. The van der Waals surface area contributed by atoms with E-state index < -0.39 is 5.41 Å². The van der Waals surface area contributed by atoms with Crippen LogP contribution in [-0.2, 0) is 4.79 Å². The highest BCUT2D eigenvalue weighted by atomic mass is 16.2. The molecule has 1 fully saturated rings. The molecule has 0 unspecified atom stereocenters. The Morgan fingerprint density at radius 3 is 2.25 bits per heavy atom. The van der Waals surface area contributed by atoms with E-state index in [1.807, 2.05) is 18.7 Å². The van der Waals surface area contributed by atoms with Gasteiger partial charge in [0.2, 0.25) is 5.91 Å². The second-order valence-corrected chi connectivity index (χ2v) is 6.28. The summed E-state index contributed by atoms with van der Waals surface area (Å²) in [5.41, 5.74) is -0.411. The predicted molar refractivity (Wildman–Crippen MR) is 79.5 cm³/mol. The van der Waals surface area contributed by atoms with E-state index in [2.05, 4.69) is 10.6 Å². The van der Waals surface area contributed by atoms with Crippen molar-refractivity contribution in [1.29, 1.82) is 0 Å². The Bertz CT molecular complexity index is 347. The SMILES string of the molecule is CNC(=O)C(C)(C)CNC1CCN(C(=O)N(C)C)CC1. The van der Waals surface area contributed by atoms with Gasteiger partial charge in [-0.2, -0.15) is 0 Å². The van der Waals surface area contributed by atoms with Gasteiger partial charge in [0.1, 0.15) is 0 Å². The van der Waals surface area contributed by atoms with Crippen LogP contribution in [0.4, 0.5) is 4.79 Å². The number of nitrogens with one attached hydrogen (secondary N) is 2. The molecule has 0 aliphatic carbocycles. The lowest BCUT2D eigenvalue weighted by molar-refractivity contribution is -0.128. The summed E-state index contributed by atoms with van der Waals surface area (Å²) in [6, 6.07) is 0.458. The molecule has 6 heteroatoms. The smallest absolute Gasteiger partial charge is 0.319 e. The van der Waals surface area contributed by atoms with E-state index in [0.717, 1.165) is 25.9 Å². The lowest BCUT2D eigenvalue weighted by Crippen LogP contribution is -2.50. The fourth-order valence-corrected chi connectivity index (χ4v) is 2.38. The zero-order valence-electron chi connectivity index (χ0n) is 13.3. The maximum atomic E-state index is 11.8. The van der Waals surface area contributed by atoms with Gasteiger partial charge in [-0.05, 0) is 26.7 Å². The van der Waals surface area contributed by atoms with Crippen molar-refractivity contribution in [2.75, 3.05) is 40.8 Å². The van der Waals surface area contributed by atoms with Crippen LogP contribution in [0.3, 0.4) is 0 Å². The minimum atomic E-state index is -0.411. The van der Waals surface area contributed by atoms with E-state index in [4.69, 9.17) is 0 Å². The first-order valence-electron chi connectivity index (χ1n) is 7.19. The van der Waals surface area contributed by atoms with Crippen LogP contribution in [-0.4, -0.2) is 68.6 Å². The highest BCUT2D eigenvalue weighted by Gasteiger charge is 2.29. The number of nitrogens with zero attached hydrogens (tertiary/aromatic N) is 2. The molecule has 0 aromatic carbocycles. The quantitative estimate of drug-likeness (QED) is 0.790. The fraction of sp³-hybridized carbons (Fsp3) is 0.857. The number of urea groups is 1. The number of carbonyl (C=O) groups is 2. The van der Waals surface area contributed by atoms with Crippen LogP contribution in [0.5, 0.6) is 0 Å². The van der Waals surface area contributed by atoms with Crippen molar-refractivity contribution in [3.63, 3.8) is 0 Å². The van der Waals surface area contributed by atoms with E-state index in [-0.39, 0.29) is 11.9 Å². The maximum absolute atomic E-state index is 11.8. The van der Waals surface area contributed by atoms with Crippen LogP contribution in [0.15, 0.2) is 0 Å². The second-order valence-electron chi connectivity index (χ2n) is 6.28. The molecule has 1 heterocycles. The third kappa shape index (κ3) is 4.37. The third-order valence-electron chi connectivity index (χ3n) is 3.82. The molecule has 3 amide bonds. The van der Waals surface area contributed by atoms with Crippen molar-refractivity contribution in [3.05, 3.63) is 0 Å². The maximum Gasteiger partial charge on any atom is 0.319 e.